The lowest BCUT2D eigenvalue weighted by molar-refractivity contribution is 0.0950. The molecule has 0 fully saturated rings. The molecule has 0 saturated carbocycles. The third kappa shape index (κ3) is 4.91. The van der Waals surface area contributed by atoms with Crippen LogP contribution in [0.4, 0.5) is 0 Å². The number of nitrogens with one attached hydrogen (secondary N) is 2. The van der Waals surface area contributed by atoms with Gasteiger partial charge in [-0.2, -0.15) is 10.2 Å². The Morgan fingerprint density at radius 2 is 1.44 bits per heavy atom. The number of carbonyl (C=O) groups excluding carboxylic acids is 1. The fraction of sp³-hybridized carbons (Fsp3) is 0.115. The zero-order valence-corrected chi connectivity index (χ0v) is 19.0. The molecule has 8 heteroatoms. The van der Waals surface area contributed by atoms with E-state index in [1.807, 2.05) is 42.5 Å². The molecule has 1 aromatic heterocycles. The Labute approximate surface area is 197 Å². The Hall–Kier alpha value is -4.59. The van der Waals surface area contributed by atoms with Crippen molar-refractivity contribution in [1.82, 2.24) is 15.6 Å². The van der Waals surface area contributed by atoms with Crippen LogP contribution >= 0.6 is 0 Å². The first-order valence-electron chi connectivity index (χ1n) is 10.5. The molecule has 1 heterocycles. The summed E-state index contributed by atoms with van der Waals surface area (Å²) in [6, 6.07) is 23.2. The lowest BCUT2D eigenvalue weighted by Crippen LogP contribution is -2.18. The highest BCUT2D eigenvalue weighted by atomic mass is 16.5. The van der Waals surface area contributed by atoms with Gasteiger partial charge in [0.15, 0.2) is 11.5 Å². The molecular formula is C26H24N4O4. The van der Waals surface area contributed by atoms with Gasteiger partial charge in [0.1, 0.15) is 11.4 Å². The van der Waals surface area contributed by atoms with E-state index in [2.05, 4.69) is 32.9 Å². The first-order chi connectivity index (χ1) is 16.6. The molecule has 0 aliphatic rings. The highest BCUT2D eigenvalue weighted by Crippen LogP contribution is 2.33. The van der Waals surface area contributed by atoms with Crippen LogP contribution in [0.25, 0.3) is 22.4 Å². The van der Waals surface area contributed by atoms with Crippen molar-refractivity contribution in [3.63, 3.8) is 0 Å². The van der Waals surface area contributed by atoms with Crippen molar-refractivity contribution in [3.8, 4) is 39.6 Å². The Morgan fingerprint density at radius 3 is 2.12 bits per heavy atom. The van der Waals surface area contributed by atoms with E-state index in [9.17, 15) is 4.79 Å². The van der Waals surface area contributed by atoms with Crippen molar-refractivity contribution in [3.05, 3.63) is 84.1 Å². The molecule has 4 rings (SSSR count). The molecule has 0 bridgehead atoms. The predicted octanol–water partition coefficient (Wildman–Crippen LogP) is 4.53. The molecule has 0 atom stereocenters. The lowest BCUT2D eigenvalue weighted by Gasteiger charge is -2.11. The second-order valence-electron chi connectivity index (χ2n) is 7.26. The van der Waals surface area contributed by atoms with E-state index in [0.717, 1.165) is 16.7 Å². The second kappa shape index (κ2) is 10.4. The average Bonchev–Trinajstić information content (AvgIpc) is 3.39. The normalized spacial score (nSPS) is 10.8. The number of amides is 1. The molecule has 0 spiro atoms. The van der Waals surface area contributed by atoms with Gasteiger partial charge in [-0.15, -0.1) is 0 Å². The summed E-state index contributed by atoms with van der Waals surface area (Å²) in [5, 5.41) is 11.1. The summed E-state index contributed by atoms with van der Waals surface area (Å²) in [7, 11) is 4.62. The molecule has 0 radical (unpaired) electrons. The number of hydrogen-bond donors (Lipinski definition) is 2. The molecule has 34 heavy (non-hydrogen) atoms. The number of nitrogens with zero attached hydrogens (tertiary/aromatic N) is 2. The van der Waals surface area contributed by atoms with Gasteiger partial charge < -0.3 is 14.2 Å². The van der Waals surface area contributed by atoms with Gasteiger partial charge in [0.25, 0.3) is 5.91 Å². The molecule has 4 aromatic rings. The minimum Gasteiger partial charge on any atom is -0.496 e. The number of methoxy groups -OCH3 is 3. The molecule has 0 saturated heterocycles. The number of hydrogen-bond acceptors (Lipinski definition) is 6. The van der Waals surface area contributed by atoms with Crippen molar-refractivity contribution in [2.45, 2.75) is 0 Å². The van der Waals surface area contributed by atoms with Gasteiger partial charge in [-0.1, -0.05) is 54.6 Å². The van der Waals surface area contributed by atoms with Gasteiger partial charge in [0, 0.05) is 17.2 Å². The van der Waals surface area contributed by atoms with E-state index in [1.54, 1.807) is 25.3 Å². The molecule has 3 aromatic carbocycles. The van der Waals surface area contributed by atoms with Crippen LogP contribution in [0.1, 0.15) is 16.1 Å². The minimum atomic E-state index is -0.421. The number of hydrazone groups is 1. The highest BCUT2D eigenvalue weighted by Gasteiger charge is 2.12. The molecule has 0 unspecified atom stereocenters. The summed E-state index contributed by atoms with van der Waals surface area (Å²) in [6.45, 7) is 0. The minimum absolute atomic E-state index is 0.290. The van der Waals surface area contributed by atoms with Crippen molar-refractivity contribution < 1.29 is 19.0 Å². The van der Waals surface area contributed by atoms with E-state index in [-0.39, 0.29) is 0 Å². The Bertz CT molecular complexity index is 1300. The second-order valence-corrected chi connectivity index (χ2v) is 7.26. The summed E-state index contributed by atoms with van der Waals surface area (Å²) in [6.07, 6.45) is 1.47. The van der Waals surface area contributed by atoms with Gasteiger partial charge in [-0.25, -0.2) is 5.43 Å². The number of aromatic amines is 1. The molecular weight excluding hydrogens is 432 g/mol. The van der Waals surface area contributed by atoms with Crippen LogP contribution in [-0.4, -0.2) is 43.6 Å². The molecule has 172 valence electrons. The molecule has 2 N–H and O–H groups in total. The summed E-state index contributed by atoms with van der Waals surface area (Å²) in [5.74, 6) is 1.16. The summed E-state index contributed by atoms with van der Waals surface area (Å²) < 4.78 is 15.9. The maximum absolute atomic E-state index is 12.5. The van der Waals surface area contributed by atoms with Gasteiger partial charge >= 0.3 is 0 Å². The first kappa shape index (κ1) is 22.6. The van der Waals surface area contributed by atoms with Crippen molar-refractivity contribution in [2.24, 2.45) is 5.10 Å². The third-order valence-corrected chi connectivity index (χ3v) is 5.22. The van der Waals surface area contributed by atoms with Gasteiger partial charge in [-0.05, 0) is 23.3 Å². The number of rotatable bonds is 8. The van der Waals surface area contributed by atoms with Crippen LogP contribution in [0.2, 0.25) is 0 Å². The van der Waals surface area contributed by atoms with E-state index in [4.69, 9.17) is 14.2 Å². The molecule has 0 aliphatic heterocycles. The van der Waals surface area contributed by atoms with Crippen LogP contribution in [0.15, 0.2) is 77.9 Å². The summed E-state index contributed by atoms with van der Waals surface area (Å²) in [4.78, 5) is 12.5. The highest BCUT2D eigenvalue weighted by molar-refractivity contribution is 5.94. The summed E-state index contributed by atoms with van der Waals surface area (Å²) in [5.41, 5.74) is 7.20. The van der Waals surface area contributed by atoms with Crippen molar-refractivity contribution >= 4 is 12.1 Å². The third-order valence-electron chi connectivity index (χ3n) is 5.22. The van der Waals surface area contributed by atoms with E-state index < -0.39 is 5.91 Å². The zero-order valence-electron chi connectivity index (χ0n) is 19.0. The number of ether oxygens (including phenoxy) is 3. The van der Waals surface area contributed by atoms with Crippen LogP contribution in [-0.2, 0) is 0 Å². The quantitative estimate of drug-likeness (QED) is 0.300. The van der Waals surface area contributed by atoms with Crippen molar-refractivity contribution in [1.29, 1.82) is 0 Å². The Morgan fingerprint density at radius 1 is 0.824 bits per heavy atom. The first-order valence-corrected chi connectivity index (χ1v) is 10.5. The van der Waals surface area contributed by atoms with E-state index in [1.165, 1.54) is 20.4 Å². The maximum atomic E-state index is 12.5. The SMILES string of the molecule is COc1cc(OC)c(OC)cc1C=NNC(=O)c1cc(-c2ccc(-c3ccccc3)cc2)n[nH]1. The number of carbonyl (C=O) groups is 1. The molecule has 1 amide bonds. The number of benzene rings is 3. The Balaban J connectivity index is 1.44. The van der Waals surface area contributed by atoms with E-state index >= 15 is 0 Å². The van der Waals surface area contributed by atoms with Crippen LogP contribution in [0.3, 0.4) is 0 Å². The molecule has 8 nitrogen and oxygen atoms in total. The standard InChI is InChI=1S/C26H24N4O4/c1-32-23-15-25(34-3)24(33-2)13-20(23)16-27-30-26(31)22-14-21(28-29-22)19-11-9-18(10-12-19)17-7-5-4-6-8-17/h4-16H,1-3H3,(H,28,29)(H,30,31). The average molecular weight is 457 g/mol. The van der Waals surface area contributed by atoms with Gasteiger partial charge in [-0.3, -0.25) is 9.89 Å². The topological polar surface area (TPSA) is 97.8 Å². The monoisotopic (exact) mass is 456 g/mol. The van der Waals surface area contributed by atoms with Gasteiger partial charge in [0.05, 0.1) is 33.2 Å². The zero-order chi connectivity index (χ0) is 23.9. The van der Waals surface area contributed by atoms with Crippen LogP contribution in [0, 0.1) is 0 Å². The van der Waals surface area contributed by atoms with E-state index in [0.29, 0.717) is 34.2 Å². The fourth-order valence-corrected chi connectivity index (χ4v) is 3.42. The van der Waals surface area contributed by atoms with Crippen molar-refractivity contribution in [2.75, 3.05) is 21.3 Å². The molecule has 0 aliphatic carbocycles. The fourth-order valence-electron chi connectivity index (χ4n) is 3.42. The number of aromatic nitrogens is 2. The van der Waals surface area contributed by atoms with Crippen LogP contribution in [0.5, 0.6) is 17.2 Å². The maximum Gasteiger partial charge on any atom is 0.289 e. The Kier molecular flexibility index (Phi) is 6.88. The summed E-state index contributed by atoms with van der Waals surface area (Å²) >= 11 is 0. The van der Waals surface area contributed by atoms with Gasteiger partial charge in [0.2, 0.25) is 0 Å². The predicted molar refractivity (Wildman–Crippen MR) is 131 cm³/mol. The number of H-pyrrole nitrogens is 1. The largest absolute Gasteiger partial charge is 0.496 e. The smallest absolute Gasteiger partial charge is 0.289 e. The lowest BCUT2D eigenvalue weighted by atomic mass is 10.0. The van der Waals surface area contributed by atoms with Crippen LogP contribution < -0.4 is 19.6 Å².